The van der Waals surface area contributed by atoms with E-state index in [-0.39, 0.29) is 6.04 Å². The lowest BCUT2D eigenvalue weighted by molar-refractivity contribution is 0.302. The third kappa shape index (κ3) is 2.50. The molecule has 4 nitrogen and oxygen atoms in total. The number of benzene rings is 1. The fourth-order valence-electron chi connectivity index (χ4n) is 3.29. The van der Waals surface area contributed by atoms with Crippen molar-refractivity contribution in [2.45, 2.75) is 19.9 Å². The quantitative estimate of drug-likeness (QED) is 0.673. The second-order valence-corrected chi connectivity index (χ2v) is 6.28. The zero-order valence-corrected chi connectivity index (χ0v) is 14.1. The highest BCUT2D eigenvalue weighted by Crippen LogP contribution is 2.30. The predicted molar refractivity (Wildman–Crippen MR) is 97.5 cm³/mol. The van der Waals surface area contributed by atoms with E-state index in [2.05, 4.69) is 71.6 Å². The number of hydrogen-bond acceptors (Lipinski definition) is 2. The maximum Gasteiger partial charge on any atom is 0.140 e. The van der Waals surface area contributed by atoms with Crippen LogP contribution in [0.25, 0.3) is 17.0 Å². The van der Waals surface area contributed by atoms with Gasteiger partial charge in [-0.1, -0.05) is 18.2 Å². The Morgan fingerprint density at radius 3 is 2.62 bits per heavy atom. The Hall–Kier alpha value is -2.88. The van der Waals surface area contributed by atoms with Crippen molar-refractivity contribution in [1.82, 2.24) is 15.3 Å². The van der Waals surface area contributed by atoms with E-state index in [1.807, 2.05) is 6.07 Å². The molecule has 0 aliphatic carbocycles. The van der Waals surface area contributed by atoms with Gasteiger partial charge in [0.25, 0.3) is 0 Å². The third-order valence-electron chi connectivity index (χ3n) is 4.48. The summed E-state index contributed by atoms with van der Waals surface area (Å²) < 4.78 is 5.57. The molecule has 122 valence electrons. The highest BCUT2D eigenvalue weighted by Gasteiger charge is 2.23. The standard InChI is InChI=1S/C20H21N3O/c1-12-8-13(2)21-16(12)10-19-20(24-3)11-18(23-19)17-9-14-6-4-5-7-15(14)22-17/h4-11,18,21-23H,1-3H3/b19-10-. The summed E-state index contributed by atoms with van der Waals surface area (Å²) in [4.78, 5) is 6.87. The van der Waals surface area contributed by atoms with Crippen molar-refractivity contribution in [2.75, 3.05) is 7.11 Å². The fraction of sp³-hybridized carbons (Fsp3) is 0.200. The first kappa shape index (κ1) is 14.7. The maximum atomic E-state index is 5.57. The Morgan fingerprint density at radius 2 is 1.92 bits per heavy atom. The molecule has 1 aliphatic heterocycles. The molecular weight excluding hydrogens is 298 g/mol. The fourth-order valence-corrected chi connectivity index (χ4v) is 3.29. The van der Waals surface area contributed by atoms with E-state index in [0.29, 0.717) is 0 Å². The minimum atomic E-state index is 0.0787. The molecule has 0 fully saturated rings. The molecule has 2 aromatic heterocycles. The molecule has 0 saturated heterocycles. The molecule has 4 rings (SSSR count). The smallest absolute Gasteiger partial charge is 0.140 e. The maximum absolute atomic E-state index is 5.57. The van der Waals surface area contributed by atoms with Crippen molar-refractivity contribution in [3.8, 4) is 0 Å². The average Bonchev–Trinajstić information content (AvgIpc) is 3.24. The number of para-hydroxylation sites is 1. The minimum Gasteiger partial charge on any atom is -0.495 e. The third-order valence-corrected chi connectivity index (χ3v) is 4.48. The minimum absolute atomic E-state index is 0.0787. The van der Waals surface area contributed by atoms with Crippen LogP contribution in [0.1, 0.15) is 28.7 Å². The van der Waals surface area contributed by atoms with Crippen LogP contribution in [0.3, 0.4) is 0 Å². The number of methoxy groups -OCH3 is 1. The summed E-state index contributed by atoms with van der Waals surface area (Å²) in [6.45, 7) is 4.17. The number of nitrogens with one attached hydrogen (secondary N) is 3. The van der Waals surface area contributed by atoms with Crippen molar-refractivity contribution < 1.29 is 4.74 Å². The average molecular weight is 319 g/mol. The lowest BCUT2D eigenvalue weighted by Crippen LogP contribution is -2.13. The van der Waals surface area contributed by atoms with Gasteiger partial charge in [-0.3, -0.25) is 0 Å². The van der Waals surface area contributed by atoms with E-state index in [9.17, 15) is 0 Å². The Bertz CT molecular complexity index is 925. The van der Waals surface area contributed by atoms with E-state index < -0.39 is 0 Å². The molecule has 1 unspecified atom stereocenters. The molecule has 0 amide bonds. The largest absolute Gasteiger partial charge is 0.495 e. The summed E-state index contributed by atoms with van der Waals surface area (Å²) in [5, 5.41) is 4.76. The lowest BCUT2D eigenvalue weighted by Gasteiger charge is -2.09. The second kappa shape index (κ2) is 5.64. The molecule has 0 bridgehead atoms. The summed E-state index contributed by atoms with van der Waals surface area (Å²) in [6.07, 6.45) is 4.22. The molecule has 1 aromatic carbocycles. The number of aromatic amines is 2. The van der Waals surface area contributed by atoms with Crippen LogP contribution in [0.15, 0.2) is 53.9 Å². The summed E-state index contributed by atoms with van der Waals surface area (Å²) in [7, 11) is 1.71. The zero-order valence-electron chi connectivity index (χ0n) is 14.1. The SMILES string of the molecule is COC1=CC(c2cc3ccccc3[nH]2)N/C1=C\c1[nH]c(C)cc1C. The van der Waals surface area contributed by atoms with Gasteiger partial charge in [0.15, 0.2) is 0 Å². The summed E-state index contributed by atoms with van der Waals surface area (Å²) in [6, 6.07) is 12.7. The van der Waals surface area contributed by atoms with Gasteiger partial charge in [0.05, 0.1) is 18.8 Å². The number of aromatic nitrogens is 2. The zero-order chi connectivity index (χ0) is 16.7. The molecular formula is C20H21N3O. The van der Waals surface area contributed by atoms with Crippen molar-refractivity contribution in [3.63, 3.8) is 0 Å². The highest BCUT2D eigenvalue weighted by molar-refractivity contribution is 5.80. The van der Waals surface area contributed by atoms with E-state index in [4.69, 9.17) is 4.74 Å². The normalized spacial score (nSPS) is 18.9. The summed E-state index contributed by atoms with van der Waals surface area (Å²) in [5.74, 6) is 0.866. The van der Waals surface area contributed by atoms with Crippen LogP contribution in [-0.4, -0.2) is 17.1 Å². The molecule has 4 heteroatoms. The first-order valence-electron chi connectivity index (χ1n) is 8.12. The van der Waals surface area contributed by atoms with Crippen molar-refractivity contribution in [3.05, 3.63) is 76.6 Å². The van der Waals surface area contributed by atoms with E-state index in [0.717, 1.165) is 34.1 Å². The Kier molecular flexibility index (Phi) is 3.45. The number of aryl methyl sites for hydroxylation is 2. The first-order valence-corrected chi connectivity index (χ1v) is 8.12. The molecule has 0 saturated carbocycles. The Balaban J connectivity index is 1.68. The summed E-state index contributed by atoms with van der Waals surface area (Å²) >= 11 is 0. The predicted octanol–water partition coefficient (Wildman–Crippen LogP) is 4.33. The topological polar surface area (TPSA) is 52.8 Å². The molecule has 0 spiro atoms. The number of H-pyrrole nitrogens is 2. The van der Waals surface area contributed by atoms with Gasteiger partial charge in [0, 0.05) is 22.6 Å². The molecule has 3 aromatic rings. The van der Waals surface area contributed by atoms with Crippen molar-refractivity contribution >= 4 is 17.0 Å². The van der Waals surface area contributed by atoms with Crippen LogP contribution < -0.4 is 5.32 Å². The van der Waals surface area contributed by atoms with Gasteiger partial charge >= 0.3 is 0 Å². The van der Waals surface area contributed by atoms with Gasteiger partial charge in [-0.05, 0) is 55.1 Å². The van der Waals surface area contributed by atoms with Crippen LogP contribution in [-0.2, 0) is 4.74 Å². The number of ether oxygens (including phenoxy) is 1. The molecule has 3 heterocycles. The number of hydrogen-bond donors (Lipinski definition) is 3. The summed E-state index contributed by atoms with van der Waals surface area (Å²) in [5.41, 5.74) is 6.77. The van der Waals surface area contributed by atoms with Crippen molar-refractivity contribution in [1.29, 1.82) is 0 Å². The van der Waals surface area contributed by atoms with Crippen LogP contribution >= 0.6 is 0 Å². The van der Waals surface area contributed by atoms with Gasteiger partial charge < -0.3 is 20.0 Å². The number of fused-ring (bicyclic) bond motifs is 1. The van der Waals surface area contributed by atoms with Crippen LogP contribution in [0.2, 0.25) is 0 Å². The molecule has 1 aliphatic rings. The van der Waals surface area contributed by atoms with Crippen LogP contribution in [0, 0.1) is 13.8 Å². The van der Waals surface area contributed by atoms with Crippen LogP contribution in [0.4, 0.5) is 0 Å². The van der Waals surface area contributed by atoms with Gasteiger partial charge in [-0.25, -0.2) is 0 Å². The van der Waals surface area contributed by atoms with Gasteiger partial charge in [0.2, 0.25) is 0 Å². The lowest BCUT2D eigenvalue weighted by atomic mass is 10.2. The highest BCUT2D eigenvalue weighted by atomic mass is 16.5. The first-order chi connectivity index (χ1) is 11.6. The van der Waals surface area contributed by atoms with E-state index in [1.54, 1.807) is 7.11 Å². The van der Waals surface area contributed by atoms with Gasteiger partial charge in [-0.2, -0.15) is 0 Å². The second-order valence-electron chi connectivity index (χ2n) is 6.28. The van der Waals surface area contributed by atoms with Gasteiger partial charge in [-0.15, -0.1) is 0 Å². The van der Waals surface area contributed by atoms with Crippen molar-refractivity contribution in [2.24, 2.45) is 0 Å². The monoisotopic (exact) mass is 319 g/mol. The molecule has 3 N–H and O–H groups in total. The van der Waals surface area contributed by atoms with Gasteiger partial charge in [0.1, 0.15) is 5.76 Å². The number of rotatable bonds is 3. The Labute approximate surface area is 141 Å². The molecule has 1 atom stereocenters. The Morgan fingerprint density at radius 1 is 1.08 bits per heavy atom. The van der Waals surface area contributed by atoms with Crippen LogP contribution in [0.5, 0.6) is 0 Å². The van der Waals surface area contributed by atoms with E-state index in [1.165, 1.54) is 10.9 Å². The molecule has 0 radical (unpaired) electrons. The molecule has 24 heavy (non-hydrogen) atoms. The van der Waals surface area contributed by atoms with E-state index >= 15 is 0 Å².